The van der Waals surface area contributed by atoms with Gasteiger partial charge in [-0.2, -0.15) is 31.1 Å². The molecule has 2 heterocycles. The van der Waals surface area contributed by atoms with Crippen LogP contribution < -0.4 is 0 Å². The van der Waals surface area contributed by atoms with Gasteiger partial charge in [0.05, 0.1) is 0 Å². The Morgan fingerprint density at radius 2 is 1.15 bits per heavy atom. The van der Waals surface area contributed by atoms with Gasteiger partial charge >= 0.3 is 17.4 Å². The Morgan fingerprint density at radius 1 is 0.741 bits per heavy atom. The molecule has 3 fully saturated rings. The summed E-state index contributed by atoms with van der Waals surface area (Å²) >= 11 is 0. The first kappa shape index (κ1) is 25.9. The minimum atomic E-state index is -1.52. The zero-order valence-electron chi connectivity index (χ0n) is 18.9. The van der Waals surface area contributed by atoms with Crippen molar-refractivity contribution in [3.8, 4) is 0 Å². The van der Waals surface area contributed by atoms with Crippen molar-refractivity contribution in [2.45, 2.75) is 90.1 Å². The minimum absolute atomic E-state index is 0. The van der Waals surface area contributed by atoms with Gasteiger partial charge in [0.2, 0.25) is 0 Å². The maximum atomic E-state index is 5.25. The van der Waals surface area contributed by atoms with Crippen LogP contribution in [0.1, 0.15) is 52.9 Å². The molecule has 2 aliphatic heterocycles. The van der Waals surface area contributed by atoms with E-state index < -0.39 is 16.5 Å². The average Bonchev–Trinajstić information content (AvgIpc) is 3.18. The van der Waals surface area contributed by atoms with Gasteiger partial charge in [-0.3, -0.25) is 0 Å². The van der Waals surface area contributed by atoms with Crippen LogP contribution >= 0.6 is 0 Å². The van der Waals surface area contributed by atoms with Crippen LogP contribution in [0.2, 0.25) is 37.3 Å². The third-order valence-corrected chi connectivity index (χ3v) is 14.2. The third kappa shape index (κ3) is 6.67. The molecule has 3 aliphatic rings. The fourth-order valence-corrected chi connectivity index (χ4v) is 13.7. The topological polar surface area (TPSA) is 37.4 Å². The second kappa shape index (κ2) is 11.3. The van der Waals surface area contributed by atoms with Crippen LogP contribution in [0.25, 0.3) is 9.96 Å². The standard InChI is InChI=1S/C17H35N2Si2.C4H8O.Cr/c1-13-14(2)17-15(3)16(13)20(4,5)18-11-9-8-10-12-19-21(17,6)7;1-2-4-5-3-1;/h13-14,16-17H,8-12H2,1-7H3;1-4H2;/q-3;;+3. The van der Waals surface area contributed by atoms with Crippen molar-refractivity contribution in [1.82, 2.24) is 0 Å². The summed E-state index contributed by atoms with van der Waals surface area (Å²) in [6.45, 7) is 21.6. The van der Waals surface area contributed by atoms with Gasteiger partial charge in [0.15, 0.2) is 0 Å². The summed E-state index contributed by atoms with van der Waals surface area (Å²) in [5.74, 6) is 3.36. The maximum absolute atomic E-state index is 5.25. The fourth-order valence-electron chi connectivity index (χ4n) is 5.87. The summed E-state index contributed by atoms with van der Waals surface area (Å²) in [7, 11) is -3.03. The fraction of sp³-hybridized carbons (Fsp3) is 0.952. The molecule has 0 aromatic heterocycles. The van der Waals surface area contributed by atoms with Crippen molar-refractivity contribution in [1.29, 1.82) is 0 Å². The Balaban J connectivity index is 0.000000526. The average molecular weight is 448 g/mol. The first-order valence-electron chi connectivity index (χ1n) is 11.0. The SMILES string of the molecule is C1CCOC1.C[C-]1C2C(C)C(C)C1[Si](C)(C)[N-]CCCCC[N-][Si]2(C)C.[Cr+3]. The van der Waals surface area contributed by atoms with Gasteiger partial charge in [-0.15, -0.1) is 0 Å². The van der Waals surface area contributed by atoms with E-state index in [0.717, 1.165) is 49.2 Å². The molecule has 0 aromatic carbocycles. The van der Waals surface area contributed by atoms with Gasteiger partial charge < -0.3 is 20.6 Å². The molecular weight excluding hydrogens is 404 g/mol. The summed E-state index contributed by atoms with van der Waals surface area (Å²) in [6, 6.07) is 0. The number of nitrogens with zero attached hydrogens (tertiary/aromatic N) is 2. The van der Waals surface area contributed by atoms with Gasteiger partial charge in [-0.05, 0) is 12.8 Å². The first-order valence-corrected chi connectivity index (χ1v) is 17.0. The van der Waals surface area contributed by atoms with Crippen molar-refractivity contribution >= 4 is 16.5 Å². The van der Waals surface area contributed by atoms with Crippen molar-refractivity contribution in [3.05, 3.63) is 15.9 Å². The quantitative estimate of drug-likeness (QED) is 0.299. The maximum Gasteiger partial charge on any atom is 3.00 e. The van der Waals surface area contributed by atoms with Crippen LogP contribution in [0.15, 0.2) is 0 Å². The second-order valence-electron chi connectivity index (χ2n) is 9.87. The van der Waals surface area contributed by atoms with Gasteiger partial charge in [-0.25, -0.2) is 0 Å². The molecule has 27 heavy (non-hydrogen) atoms. The van der Waals surface area contributed by atoms with Crippen LogP contribution in [-0.2, 0) is 22.1 Å². The molecule has 0 aromatic rings. The molecule has 3 rings (SSSR count). The number of fused-ring (bicyclic) bond motifs is 2. The molecule has 0 amide bonds. The number of rotatable bonds is 0. The van der Waals surface area contributed by atoms with E-state index in [1.54, 1.807) is 5.92 Å². The van der Waals surface area contributed by atoms with Crippen LogP contribution in [-0.4, -0.2) is 42.8 Å². The first-order chi connectivity index (χ1) is 12.2. The Kier molecular flexibility index (Phi) is 10.8. The van der Waals surface area contributed by atoms with Crippen LogP contribution in [0.5, 0.6) is 0 Å². The minimum Gasteiger partial charge on any atom is -0.666 e. The van der Waals surface area contributed by atoms with Crippen LogP contribution in [0.3, 0.4) is 0 Å². The zero-order valence-corrected chi connectivity index (χ0v) is 22.2. The van der Waals surface area contributed by atoms with E-state index in [2.05, 4.69) is 47.0 Å². The van der Waals surface area contributed by atoms with E-state index in [9.17, 15) is 0 Å². The molecule has 1 radical (unpaired) electrons. The number of ether oxygens (including phenoxy) is 1. The molecule has 0 N–H and O–H groups in total. The van der Waals surface area contributed by atoms with Crippen molar-refractivity contribution in [3.63, 3.8) is 0 Å². The Morgan fingerprint density at radius 3 is 1.48 bits per heavy atom. The van der Waals surface area contributed by atoms with Gasteiger partial charge in [0.1, 0.15) is 0 Å². The molecule has 3 nitrogen and oxygen atoms in total. The molecule has 4 atom stereocenters. The Bertz CT molecular complexity index is 393. The number of hydrogen-bond acceptors (Lipinski definition) is 1. The van der Waals surface area contributed by atoms with Crippen LogP contribution in [0.4, 0.5) is 0 Å². The predicted octanol–water partition coefficient (Wildman–Crippen LogP) is 6.74. The Hall–Kier alpha value is 0.846. The molecule has 2 saturated heterocycles. The summed E-state index contributed by atoms with van der Waals surface area (Å²) in [5, 5.41) is 0. The van der Waals surface area contributed by atoms with Crippen molar-refractivity contribution in [2.24, 2.45) is 11.8 Å². The third-order valence-electron chi connectivity index (χ3n) is 7.07. The molecule has 6 heteroatoms. The number of hydrogen-bond donors (Lipinski definition) is 0. The Labute approximate surface area is 182 Å². The molecule has 1 aliphatic carbocycles. The van der Waals surface area contributed by atoms with Gasteiger partial charge in [-0.1, -0.05) is 87.6 Å². The molecule has 0 spiro atoms. The van der Waals surface area contributed by atoms with E-state index >= 15 is 0 Å². The van der Waals surface area contributed by atoms with Gasteiger partial charge in [0.25, 0.3) is 0 Å². The monoisotopic (exact) mass is 447 g/mol. The summed E-state index contributed by atoms with van der Waals surface area (Å²) in [5.41, 5.74) is 1.55. The van der Waals surface area contributed by atoms with Crippen molar-refractivity contribution < 1.29 is 22.1 Å². The molecule has 157 valence electrons. The molecule has 4 unspecified atom stereocenters. The van der Waals surface area contributed by atoms with Gasteiger partial charge in [0, 0.05) is 13.2 Å². The van der Waals surface area contributed by atoms with Crippen LogP contribution in [0, 0.1) is 17.8 Å². The van der Waals surface area contributed by atoms with E-state index in [0.29, 0.717) is 0 Å². The predicted molar refractivity (Wildman–Crippen MR) is 120 cm³/mol. The second-order valence-corrected chi connectivity index (χ2v) is 18.4. The van der Waals surface area contributed by atoms with E-state index in [1.165, 1.54) is 32.1 Å². The molecule has 2 bridgehead atoms. The summed E-state index contributed by atoms with van der Waals surface area (Å²) in [4.78, 5) is 10.5. The van der Waals surface area contributed by atoms with E-state index in [4.69, 9.17) is 14.7 Å². The summed E-state index contributed by atoms with van der Waals surface area (Å²) < 4.78 is 4.94. The largest absolute Gasteiger partial charge is 3.00 e. The normalized spacial score (nSPS) is 36.6. The summed E-state index contributed by atoms with van der Waals surface area (Å²) in [6.07, 6.45) is 6.41. The smallest absolute Gasteiger partial charge is 0.666 e. The molecular formula is C21H43CrN2OSi2. The van der Waals surface area contributed by atoms with Crippen molar-refractivity contribution in [2.75, 3.05) is 26.3 Å². The molecule has 1 saturated carbocycles. The van der Waals surface area contributed by atoms with E-state index in [-0.39, 0.29) is 17.4 Å². The van der Waals surface area contributed by atoms with E-state index in [1.807, 2.05) is 0 Å². The zero-order chi connectivity index (χ0) is 19.4.